The molecule has 1 aromatic heterocycles. The van der Waals surface area contributed by atoms with Crippen molar-refractivity contribution in [3.63, 3.8) is 0 Å². The lowest BCUT2D eigenvalue weighted by Gasteiger charge is -2.32. The quantitative estimate of drug-likeness (QED) is 0.508. The standard InChI is InChI=1S/C23H29F3N4O4S/c1-3-4-13-33-22(31)28-35(32)21-8-6-18(34-23(24,25)26)14-19(21)20-7-5-17(15-27-20)16-30-11-9-29(2)10-12-30/h5-8,14-15H,3-4,9-13,16H2,1-2H3,(H,28,31). The maximum absolute atomic E-state index is 12.8. The van der Waals surface area contributed by atoms with Gasteiger partial charge in [-0.2, -0.15) is 0 Å². The molecule has 0 saturated carbocycles. The lowest BCUT2D eigenvalue weighted by atomic mass is 10.1. The van der Waals surface area contributed by atoms with Gasteiger partial charge < -0.3 is 14.4 Å². The zero-order valence-corrected chi connectivity index (χ0v) is 20.5. The molecule has 1 N–H and O–H groups in total. The Bertz CT molecular complexity index is 1010. The highest BCUT2D eigenvalue weighted by Crippen LogP contribution is 2.31. The largest absolute Gasteiger partial charge is 0.573 e. The molecule has 1 saturated heterocycles. The van der Waals surface area contributed by atoms with E-state index in [2.05, 4.69) is 31.3 Å². The molecule has 0 bridgehead atoms. The Morgan fingerprint density at radius 3 is 2.54 bits per heavy atom. The number of halogens is 3. The summed E-state index contributed by atoms with van der Waals surface area (Å²) in [5, 5.41) is 0. The fraction of sp³-hybridized carbons (Fsp3) is 0.478. The van der Waals surface area contributed by atoms with Crippen LogP contribution in [0.2, 0.25) is 0 Å². The van der Waals surface area contributed by atoms with Crippen molar-refractivity contribution < 1.29 is 31.6 Å². The highest BCUT2D eigenvalue weighted by atomic mass is 32.2. The number of nitrogens with one attached hydrogen (secondary N) is 1. The minimum Gasteiger partial charge on any atom is -0.449 e. The Balaban J connectivity index is 1.81. The van der Waals surface area contributed by atoms with Crippen molar-refractivity contribution in [1.29, 1.82) is 0 Å². The summed E-state index contributed by atoms with van der Waals surface area (Å²) in [4.78, 5) is 21.0. The molecular formula is C23H29F3N4O4S. The van der Waals surface area contributed by atoms with Crippen LogP contribution in [0.1, 0.15) is 25.3 Å². The molecule has 1 fully saturated rings. The van der Waals surface area contributed by atoms with Gasteiger partial charge in [-0.05, 0) is 43.3 Å². The lowest BCUT2D eigenvalue weighted by molar-refractivity contribution is -0.274. The van der Waals surface area contributed by atoms with Crippen molar-refractivity contribution in [2.24, 2.45) is 0 Å². The van der Waals surface area contributed by atoms with Crippen molar-refractivity contribution >= 4 is 17.1 Å². The van der Waals surface area contributed by atoms with Crippen LogP contribution in [0.3, 0.4) is 0 Å². The molecule has 2 aromatic rings. The van der Waals surface area contributed by atoms with Gasteiger partial charge in [-0.15, -0.1) is 13.2 Å². The second-order valence-corrected chi connectivity index (χ2v) is 9.38. The number of benzene rings is 1. The minimum absolute atomic E-state index is 0.0753. The van der Waals surface area contributed by atoms with Gasteiger partial charge in [0.1, 0.15) is 5.75 Å². The maximum atomic E-state index is 12.8. The number of ether oxygens (including phenoxy) is 2. The van der Waals surface area contributed by atoms with Crippen molar-refractivity contribution in [3.05, 3.63) is 42.1 Å². The summed E-state index contributed by atoms with van der Waals surface area (Å²) in [7, 11) is -0.0160. The highest BCUT2D eigenvalue weighted by molar-refractivity contribution is 7.83. The van der Waals surface area contributed by atoms with Crippen LogP contribution in [0, 0.1) is 0 Å². The molecule has 2 heterocycles. The van der Waals surface area contributed by atoms with Crippen LogP contribution in [-0.4, -0.2) is 71.3 Å². The zero-order valence-electron chi connectivity index (χ0n) is 19.6. The van der Waals surface area contributed by atoms with E-state index in [-0.39, 0.29) is 17.1 Å². The summed E-state index contributed by atoms with van der Waals surface area (Å²) in [6.07, 6.45) is -2.66. The van der Waals surface area contributed by atoms with Gasteiger partial charge in [0.05, 0.1) is 17.2 Å². The fourth-order valence-electron chi connectivity index (χ4n) is 3.48. The third-order valence-electron chi connectivity index (χ3n) is 5.39. The SMILES string of the molecule is CCCCOC(=O)NS(=O)c1ccc(OC(F)(F)F)cc1-c1ccc(CN2CCN(C)CC2)cn1. The third-order valence-corrected chi connectivity index (χ3v) is 6.50. The molecule has 1 unspecified atom stereocenters. The van der Waals surface area contributed by atoms with Gasteiger partial charge >= 0.3 is 12.5 Å². The van der Waals surface area contributed by atoms with E-state index in [1.807, 2.05) is 13.0 Å². The summed E-state index contributed by atoms with van der Waals surface area (Å²) in [5.74, 6) is -0.484. The topological polar surface area (TPSA) is 84.0 Å². The Morgan fingerprint density at radius 2 is 1.91 bits per heavy atom. The van der Waals surface area contributed by atoms with Gasteiger partial charge in [-0.1, -0.05) is 19.4 Å². The number of amides is 1. The molecule has 3 rings (SSSR count). The summed E-state index contributed by atoms with van der Waals surface area (Å²) < 4.78 is 62.4. The third kappa shape index (κ3) is 8.48. The summed E-state index contributed by atoms with van der Waals surface area (Å²) in [5.41, 5.74) is 1.38. The second kappa shape index (κ2) is 12.3. The maximum Gasteiger partial charge on any atom is 0.573 e. The summed E-state index contributed by atoms with van der Waals surface area (Å²) in [6, 6.07) is 6.83. The van der Waals surface area contributed by atoms with E-state index in [1.165, 1.54) is 6.07 Å². The number of piperazine rings is 1. The smallest absolute Gasteiger partial charge is 0.449 e. The Morgan fingerprint density at radius 1 is 1.17 bits per heavy atom. The molecule has 0 spiro atoms. The van der Waals surface area contributed by atoms with Gasteiger partial charge in [0, 0.05) is 44.5 Å². The van der Waals surface area contributed by atoms with Crippen LogP contribution >= 0.6 is 0 Å². The van der Waals surface area contributed by atoms with Crippen molar-refractivity contribution in [2.75, 3.05) is 39.8 Å². The number of carbonyl (C=O) groups excluding carboxylic acids is 1. The molecule has 1 aromatic carbocycles. The van der Waals surface area contributed by atoms with Crippen LogP contribution < -0.4 is 9.46 Å². The van der Waals surface area contributed by atoms with Crippen LogP contribution in [0.25, 0.3) is 11.3 Å². The van der Waals surface area contributed by atoms with E-state index < -0.39 is 29.2 Å². The molecule has 1 aliphatic rings. The number of likely N-dealkylation sites (N-methyl/N-ethyl adjacent to an activating group) is 1. The Hall–Kier alpha value is -2.70. The number of alkyl halides is 3. The average molecular weight is 515 g/mol. The first kappa shape index (κ1) is 26.9. The number of aromatic nitrogens is 1. The van der Waals surface area contributed by atoms with Crippen LogP contribution in [-0.2, 0) is 22.3 Å². The number of pyridine rings is 1. The molecule has 192 valence electrons. The van der Waals surface area contributed by atoms with Gasteiger partial charge in [0.25, 0.3) is 0 Å². The molecule has 0 aliphatic carbocycles. The van der Waals surface area contributed by atoms with Crippen LogP contribution in [0.15, 0.2) is 41.4 Å². The first-order chi connectivity index (χ1) is 16.6. The van der Waals surface area contributed by atoms with Gasteiger partial charge in [-0.3, -0.25) is 9.88 Å². The van der Waals surface area contributed by atoms with Crippen molar-refractivity contribution in [2.45, 2.75) is 37.6 Å². The molecule has 1 aliphatic heterocycles. The van der Waals surface area contributed by atoms with E-state index in [1.54, 1.807) is 12.3 Å². The fourth-order valence-corrected chi connectivity index (χ4v) is 4.35. The first-order valence-electron chi connectivity index (χ1n) is 11.3. The number of hydrogen-bond donors (Lipinski definition) is 1. The van der Waals surface area contributed by atoms with Crippen LogP contribution in [0.4, 0.5) is 18.0 Å². The van der Waals surface area contributed by atoms with E-state index in [0.29, 0.717) is 18.7 Å². The molecule has 1 amide bonds. The monoisotopic (exact) mass is 514 g/mol. The van der Waals surface area contributed by atoms with Gasteiger partial charge in [0.15, 0.2) is 11.0 Å². The van der Waals surface area contributed by atoms with E-state index >= 15 is 0 Å². The zero-order chi connectivity index (χ0) is 25.4. The predicted molar refractivity (Wildman–Crippen MR) is 125 cm³/mol. The normalized spacial score (nSPS) is 16.0. The Labute approximate surface area is 205 Å². The number of hydrogen-bond acceptors (Lipinski definition) is 7. The van der Waals surface area contributed by atoms with Crippen molar-refractivity contribution in [3.8, 4) is 17.0 Å². The molecular weight excluding hydrogens is 485 g/mol. The number of rotatable bonds is 9. The molecule has 0 radical (unpaired) electrons. The predicted octanol–water partition coefficient (Wildman–Crippen LogP) is 3.94. The summed E-state index contributed by atoms with van der Waals surface area (Å²) in [6.45, 7) is 6.60. The number of carbonyl (C=O) groups is 1. The van der Waals surface area contributed by atoms with Crippen molar-refractivity contribution in [1.82, 2.24) is 19.5 Å². The molecule has 8 nitrogen and oxygen atoms in total. The lowest BCUT2D eigenvalue weighted by Crippen LogP contribution is -2.43. The molecule has 1 atom stereocenters. The highest BCUT2D eigenvalue weighted by Gasteiger charge is 2.31. The van der Waals surface area contributed by atoms with Gasteiger partial charge in [-0.25, -0.2) is 13.7 Å². The van der Waals surface area contributed by atoms with E-state index in [0.717, 1.165) is 50.3 Å². The minimum atomic E-state index is -4.89. The Kier molecular flexibility index (Phi) is 9.47. The first-order valence-corrected chi connectivity index (χ1v) is 12.4. The summed E-state index contributed by atoms with van der Waals surface area (Å²) >= 11 is 0. The van der Waals surface area contributed by atoms with Crippen LogP contribution in [0.5, 0.6) is 5.75 Å². The number of unbranched alkanes of at least 4 members (excludes halogenated alkanes) is 1. The van der Waals surface area contributed by atoms with Gasteiger partial charge in [0.2, 0.25) is 0 Å². The second-order valence-electron chi connectivity index (χ2n) is 8.20. The van der Waals surface area contributed by atoms with E-state index in [4.69, 9.17) is 4.74 Å². The van der Waals surface area contributed by atoms with E-state index in [9.17, 15) is 22.2 Å². The average Bonchev–Trinajstić information content (AvgIpc) is 2.80. The molecule has 35 heavy (non-hydrogen) atoms. The number of nitrogens with zero attached hydrogens (tertiary/aromatic N) is 3. The molecule has 12 heteroatoms.